The second-order valence-corrected chi connectivity index (χ2v) is 3.56. The van der Waals surface area contributed by atoms with E-state index in [9.17, 15) is 13.2 Å². The number of nitrogens with zero attached hydrogens (tertiary/aromatic N) is 4. The molecule has 2 aromatic heterocycles. The molecule has 2 rings (SSSR count). The number of aromatic nitrogens is 5. The maximum absolute atomic E-state index is 12.5. The lowest BCUT2D eigenvalue weighted by Crippen LogP contribution is -2.11. The van der Waals surface area contributed by atoms with Crippen LogP contribution < -0.4 is 5.32 Å². The van der Waals surface area contributed by atoms with Crippen LogP contribution in [0.4, 0.5) is 19.0 Å². The Morgan fingerprint density at radius 2 is 2.17 bits per heavy atom. The summed E-state index contributed by atoms with van der Waals surface area (Å²) in [6.07, 6.45) is -3.30. The molecule has 0 aromatic carbocycles. The number of hydrogen-bond acceptors (Lipinski definition) is 5. The highest BCUT2D eigenvalue weighted by Gasteiger charge is 2.30. The second-order valence-electron chi connectivity index (χ2n) is 3.56. The number of hydrogen-bond donors (Lipinski definition) is 2. The van der Waals surface area contributed by atoms with E-state index in [0.29, 0.717) is 5.82 Å². The van der Waals surface area contributed by atoms with Crippen molar-refractivity contribution in [1.29, 1.82) is 0 Å². The molecule has 0 saturated carbocycles. The minimum atomic E-state index is -4.39. The van der Waals surface area contributed by atoms with Crippen molar-refractivity contribution in [2.45, 2.75) is 19.1 Å². The Hall–Kier alpha value is -2.19. The summed E-state index contributed by atoms with van der Waals surface area (Å²) >= 11 is 0. The van der Waals surface area contributed by atoms with Crippen molar-refractivity contribution >= 4 is 5.82 Å². The Balaban J connectivity index is 2.15. The fourth-order valence-corrected chi connectivity index (χ4v) is 1.33. The minimum Gasteiger partial charge on any atom is -0.360 e. The highest BCUT2D eigenvalue weighted by atomic mass is 19.4. The van der Waals surface area contributed by atoms with Crippen molar-refractivity contribution in [2.75, 3.05) is 5.32 Å². The number of alkyl halides is 3. The molecule has 0 aliphatic heterocycles. The highest BCUT2D eigenvalue weighted by molar-refractivity contribution is 5.39. The SMILES string of the molecule is CC(Nc1cc(C(F)(F)F)ccn1)c1nn[nH]n1. The van der Waals surface area contributed by atoms with E-state index in [0.717, 1.165) is 18.3 Å². The normalized spacial score (nSPS) is 13.3. The van der Waals surface area contributed by atoms with Crippen LogP contribution in [0.3, 0.4) is 0 Å². The number of anilines is 1. The number of halogens is 3. The van der Waals surface area contributed by atoms with Crippen LogP contribution in [-0.4, -0.2) is 25.6 Å². The third-order valence-corrected chi connectivity index (χ3v) is 2.20. The van der Waals surface area contributed by atoms with E-state index in [-0.39, 0.29) is 5.82 Å². The summed E-state index contributed by atoms with van der Waals surface area (Å²) in [6, 6.07) is 1.43. The topological polar surface area (TPSA) is 79.4 Å². The van der Waals surface area contributed by atoms with E-state index < -0.39 is 17.8 Å². The molecule has 0 aliphatic carbocycles. The van der Waals surface area contributed by atoms with Crippen molar-refractivity contribution in [1.82, 2.24) is 25.6 Å². The fraction of sp³-hybridized carbons (Fsp3) is 0.333. The maximum Gasteiger partial charge on any atom is 0.416 e. The Labute approximate surface area is 99.6 Å². The first-order valence-corrected chi connectivity index (χ1v) is 5.00. The molecular weight excluding hydrogens is 249 g/mol. The van der Waals surface area contributed by atoms with Gasteiger partial charge in [0.1, 0.15) is 5.82 Å². The molecular formula is C9H9F3N6. The number of aromatic amines is 1. The molecule has 2 N–H and O–H groups in total. The molecule has 18 heavy (non-hydrogen) atoms. The predicted molar refractivity (Wildman–Crippen MR) is 55.5 cm³/mol. The van der Waals surface area contributed by atoms with Gasteiger partial charge in [0.15, 0.2) is 5.82 Å². The summed E-state index contributed by atoms with van der Waals surface area (Å²) in [7, 11) is 0. The molecule has 0 fully saturated rings. The van der Waals surface area contributed by atoms with Gasteiger partial charge in [-0.3, -0.25) is 0 Å². The molecule has 0 amide bonds. The van der Waals surface area contributed by atoms with Gasteiger partial charge in [0.2, 0.25) is 0 Å². The van der Waals surface area contributed by atoms with E-state index in [4.69, 9.17) is 0 Å². The Bertz CT molecular complexity index is 509. The molecule has 1 atom stereocenters. The molecule has 0 radical (unpaired) electrons. The molecule has 1 unspecified atom stereocenters. The second kappa shape index (κ2) is 4.59. The van der Waals surface area contributed by atoms with Gasteiger partial charge < -0.3 is 5.32 Å². The summed E-state index contributed by atoms with van der Waals surface area (Å²) in [5.74, 6) is 0.441. The molecule has 2 heterocycles. The van der Waals surface area contributed by atoms with E-state index in [1.807, 2.05) is 0 Å². The van der Waals surface area contributed by atoms with Crippen molar-refractivity contribution in [3.05, 3.63) is 29.7 Å². The quantitative estimate of drug-likeness (QED) is 0.877. The lowest BCUT2D eigenvalue weighted by molar-refractivity contribution is -0.137. The summed E-state index contributed by atoms with van der Waals surface area (Å²) in [6.45, 7) is 1.69. The van der Waals surface area contributed by atoms with Crippen LogP contribution in [0.2, 0.25) is 0 Å². The van der Waals surface area contributed by atoms with Crippen LogP contribution in [0.25, 0.3) is 0 Å². The summed E-state index contributed by atoms with van der Waals surface area (Å²) in [4.78, 5) is 3.81. The number of tetrazole rings is 1. The van der Waals surface area contributed by atoms with Crippen molar-refractivity contribution in [3.63, 3.8) is 0 Å². The van der Waals surface area contributed by atoms with E-state index in [1.165, 1.54) is 0 Å². The predicted octanol–water partition coefficient (Wildman–Crippen LogP) is 1.79. The Morgan fingerprint density at radius 3 is 2.78 bits per heavy atom. The van der Waals surface area contributed by atoms with Crippen molar-refractivity contribution in [2.24, 2.45) is 0 Å². The summed E-state index contributed by atoms with van der Waals surface area (Å²) < 4.78 is 37.5. The lowest BCUT2D eigenvalue weighted by Gasteiger charge is -2.12. The van der Waals surface area contributed by atoms with Crippen LogP contribution >= 0.6 is 0 Å². The van der Waals surface area contributed by atoms with Gasteiger partial charge in [0, 0.05) is 6.20 Å². The number of pyridine rings is 1. The monoisotopic (exact) mass is 258 g/mol. The average Bonchev–Trinajstić information content (AvgIpc) is 2.81. The van der Waals surface area contributed by atoms with Crippen LogP contribution in [-0.2, 0) is 6.18 Å². The highest BCUT2D eigenvalue weighted by Crippen LogP contribution is 2.30. The van der Waals surface area contributed by atoms with Gasteiger partial charge >= 0.3 is 6.18 Å². The average molecular weight is 258 g/mol. The molecule has 0 bridgehead atoms. The number of nitrogens with one attached hydrogen (secondary N) is 2. The van der Waals surface area contributed by atoms with Gasteiger partial charge in [-0.2, -0.15) is 18.4 Å². The zero-order valence-electron chi connectivity index (χ0n) is 9.23. The standard InChI is InChI=1S/C9H9F3N6/c1-5(8-15-17-18-16-8)14-7-4-6(2-3-13-7)9(10,11)12/h2-5H,1H3,(H,13,14)(H,15,16,17,18). The van der Waals surface area contributed by atoms with Crippen molar-refractivity contribution < 1.29 is 13.2 Å². The van der Waals surface area contributed by atoms with Gasteiger partial charge in [-0.15, -0.1) is 10.2 Å². The smallest absolute Gasteiger partial charge is 0.360 e. The molecule has 0 saturated heterocycles. The zero-order chi connectivity index (χ0) is 13.2. The third-order valence-electron chi connectivity index (χ3n) is 2.20. The molecule has 96 valence electrons. The van der Waals surface area contributed by atoms with Gasteiger partial charge in [-0.05, 0) is 19.1 Å². The maximum atomic E-state index is 12.5. The van der Waals surface area contributed by atoms with E-state index in [2.05, 4.69) is 30.9 Å². The fourth-order valence-electron chi connectivity index (χ4n) is 1.33. The molecule has 0 aliphatic rings. The summed E-state index contributed by atoms with van der Waals surface area (Å²) in [5, 5.41) is 15.8. The van der Waals surface area contributed by atoms with Crippen LogP contribution in [0.5, 0.6) is 0 Å². The molecule has 2 aromatic rings. The van der Waals surface area contributed by atoms with Gasteiger partial charge in [0.25, 0.3) is 0 Å². The number of rotatable bonds is 3. The first kappa shape index (κ1) is 12.3. The van der Waals surface area contributed by atoms with Gasteiger partial charge in [-0.1, -0.05) is 5.21 Å². The van der Waals surface area contributed by atoms with Gasteiger partial charge in [0.05, 0.1) is 11.6 Å². The zero-order valence-corrected chi connectivity index (χ0v) is 9.23. The summed E-state index contributed by atoms with van der Waals surface area (Å²) in [5.41, 5.74) is -0.764. The number of H-pyrrole nitrogens is 1. The van der Waals surface area contributed by atoms with Crippen LogP contribution in [0.1, 0.15) is 24.4 Å². The lowest BCUT2D eigenvalue weighted by atomic mass is 10.2. The van der Waals surface area contributed by atoms with E-state index >= 15 is 0 Å². The van der Waals surface area contributed by atoms with Crippen LogP contribution in [0, 0.1) is 0 Å². The van der Waals surface area contributed by atoms with Gasteiger partial charge in [-0.25, -0.2) is 4.98 Å². The van der Waals surface area contributed by atoms with E-state index in [1.54, 1.807) is 6.92 Å². The molecule has 0 spiro atoms. The Kier molecular flexibility index (Phi) is 3.13. The first-order valence-electron chi connectivity index (χ1n) is 5.00. The van der Waals surface area contributed by atoms with Crippen LogP contribution in [0.15, 0.2) is 18.3 Å². The van der Waals surface area contributed by atoms with Crippen molar-refractivity contribution in [3.8, 4) is 0 Å². The minimum absolute atomic E-state index is 0.0992. The largest absolute Gasteiger partial charge is 0.416 e. The third kappa shape index (κ3) is 2.73. The molecule has 9 heteroatoms. The first-order chi connectivity index (χ1) is 8.47. The molecule has 6 nitrogen and oxygen atoms in total. The Morgan fingerprint density at radius 1 is 1.39 bits per heavy atom.